The summed E-state index contributed by atoms with van der Waals surface area (Å²) in [5.41, 5.74) is 0.715. The van der Waals surface area contributed by atoms with E-state index in [1.54, 1.807) is 12.2 Å². The molecule has 0 saturated heterocycles. The van der Waals surface area contributed by atoms with Crippen molar-refractivity contribution in [2.24, 2.45) is 0 Å². The average Bonchev–Trinajstić information content (AvgIpc) is 2.98. The Kier molecular flexibility index (Phi) is 9.63. The van der Waals surface area contributed by atoms with Gasteiger partial charge in [0.25, 0.3) is 0 Å². The number of thiol groups is 1. The van der Waals surface area contributed by atoms with Crippen LogP contribution in [-0.4, -0.2) is 12.3 Å². The van der Waals surface area contributed by atoms with Crippen molar-refractivity contribution in [2.45, 2.75) is 0 Å². The van der Waals surface area contributed by atoms with Crippen LogP contribution in [0.2, 0.25) is 0 Å². The van der Waals surface area contributed by atoms with Crippen molar-refractivity contribution in [2.75, 3.05) is 12.3 Å². The Balaban J connectivity index is 0.000000360. The first-order chi connectivity index (χ1) is 7.84. The fourth-order valence-corrected chi connectivity index (χ4v) is 1.23. The van der Waals surface area contributed by atoms with Crippen LogP contribution >= 0.6 is 12.6 Å². The third-order valence-electron chi connectivity index (χ3n) is 1.88. The summed E-state index contributed by atoms with van der Waals surface area (Å²) in [7, 11) is 0. The van der Waals surface area contributed by atoms with Crippen molar-refractivity contribution >= 4 is 12.6 Å². The molecule has 4 heteroatoms. The van der Waals surface area contributed by atoms with Gasteiger partial charge in [0, 0.05) is 12.3 Å². The third-order valence-corrected chi connectivity index (χ3v) is 2.10. The van der Waals surface area contributed by atoms with Gasteiger partial charge in [-0.3, -0.25) is 0 Å². The van der Waals surface area contributed by atoms with Crippen LogP contribution < -0.4 is 10.4 Å². The molecule has 2 nitrogen and oxygen atoms in total. The minimum atomic E-state index is -0.0240. The largest absolute Gasteiger partial charge is 2.00 e. The molecule has 1 aliphatic rings. The summed E-state index contributed by atoms with van der Waals surface area (Å²) < 4.78 is 0. The molecule has 0 heterocycles. The Morgan fingerprint density at radius 3 is 2.24 bits per heavy atom. The number of hydrogen-bond acceptors (Lipinski definition) is 3. The molecule has 1 aromatic rings. The maximum atomic E-state index is 11.1. The zero-order valence-corrected chi connectivity index (χ0v) is 11.3. The Morgan fingerprint density at radius 2 is 1.82 bits per heavy atom. The Labute approximate surface area is 118 Å². The van der Waals surface area contributed by atoms with E-state index in [0.717, 1.165) is 0 Å². The van der Waals surface area contributed by atoms with Crippen molar-refractivity contribution in [3.05, 3.63) is 66.1 Å². The predicted octanol–water partition coefficient (Wildman–Crippen LogP) is 1.61. The molecule has 0 spiro atoms. The molecule has 17 heavy (non-hydrogen) atoms. The van der Waals surface area contributed by atoms with Gasteiger partial charge in [0.2, 0.25) is 0 Å². The second kappa shape index (κ2) is 10.2. The van der Waals surface area contributed by atoms with Crippen LogP contribution in [-0.2, 0) is 17.1 Å². The topological polar surface area (TPSA) is 35.1 Å². The molecule has 0 atom stereocenters. The van der Waals surface area contributed by atoms with Gasteiger partial charge in [0.1, 0.15) is 0 Å². The van der Waals surface area contributed by atoms with E-state index < -0.39 is 0 Å². The standard InChI is InChI=1S/C8H11NOS.C5H5.Fe/c10-8(9-5-6-11)7-3-1-2-4-7;1-2-4-5-3-1;/h1-4,9-11H,5-6H2;1-5H;/q;-1;+2/p-1. The van der Waals surface area contributed by atoms with Gasteiger partial charge in [-0.05, 0) is 11.5 Å². The molecule has 0 saturated carbocycles. The van der Waals surface area contributed by atoms with Gasteiger partial charge in [-0.2, -0.15) is 30.8 Å². The van der Waals surface area contributed by atoms with Gasteiger partial charge in [-0.1, -0.05) is 24.3 Å². The van der Waals surface area contributed by atoms with E-state index >= 15 is 0 Å². The SMILES string of the molecule is [Fe+2].[O-]C(NCCS)=C1C=CC=C1.c1cc[cH-]c1. The first-order valence-electron chi connectivity index (χ1n) is 5.12. The monoisotopic (exact) mass is 289 g/mol. The summed E-state index contributed by atoms with van der Waals surface area (Å²) in [4.78, 5) is 0. The van der Waals surface area contributed by atoms with E-state index in [-0.39, 0.29) is 23.0 Å². The summed E-state index contributed by atoms with van der Waals surface area (Å²) >= 11 is 3.98. The quantitative estimate of drug-likeness (QED) is 0.384. The van der Waals surface area contributed by atoms with Crippen molar-refractivity contribution in [3.8, 4) is 0 Å². The Bertz CT molecular complexity index is 338. The average molecular weight is 289 g/mol. The zero-order chi connectivity index (χ0) is 11.6. The van der Waals surface area contributed by atoms with Crippen LogP contribution in [0.5, 0.6) is 0 Å². The summed E-state index contributed by atoms with van der Waals surface area (Å²) in [6, 6.07) is 10.0. The predicted molar refractivity (Wildman–Crippen MR) is 69.2 cm³/mol. The maximum Gasteiger partial charge on any atom is 2.00 e. The molecular weight excluding hydrogens is 274 g/mol. The van der Waals surface area contributed by atoms with Crippen LogP contribution in [0.25, 0.3) is 0 Å². The van der Waals surface area contributed by atoms with E-state index in [1.165, 1.54) is 0 Å². The Hall–Kier alpha value is -0.961. The second-order valence-corrected chi connectivity index (χ2v) is 3.56. The molecule has 92 valence electrons. The van der Waals surface area contributed by atoms with Gasteiger partial charge in [0.15, 0.2) is 0 Å². The maximum absolute atomic E-state index is 11.1. The molecular formula is C13H15FeNOS. The molecule has 1 N–H and O–H groups in total. The van der Waals surface area contributed by atoms with Crippen LogP contribution in [0.4, 0.5) is 0 Å². The minimum Gasteiger partial charge on any atom is -0.860 e. The fraction of sp³-hybridized carbons (Fsp3) is 0.154. The fourth-order valence-electron chi connectivity index (χ4n) is 1.12. The third kappa shape index (κ3) is 7.05. The number of rotatable bonds is 3. The van der Waals surface area contributed by atoms with E-state index in [2.05, 4.69) is 17.9 Å². The zero-order valence-electron chi connectivity index (χ0n) is 9.32. The summed E-state index contributed by atoms with van der Waals surface area (Å²) in [6.07, 6.45) is 7.26. The van der Waals surface area contributed by atoms with E-state index in [1.807, 2.05) is 42.5 Å². The number of hydrogen-bond donors (Lipinski definition) is 2. The molecule has 0 aliphatic heterocycles. The normalized spacial score (nSPS) is 11.5. The van der Waals surface area contributed by atoms with Gasteiger partial charge < -0.3 is 10.4 Å². The molecule has 0 fully saturated rings. The van der Waals surface area contributed by atoms with Gasteiger partial charge in [-0.25, -0.2) is 12.1 Å². The van der Waals surface area contributed by atoms with Crippen LogP contribution in [0.1, 0.15) is 0 Å². The minimum absolute atomic E-state index is 0. The molecule has 0 radical (unpaired) electrons. The van der Waals surface area contributed by atoms with Gasteiger partial charge in [0.05, 0.1) is 0 Å². The van der Waals surface area contributed by atoms with E-state index in [0.29, 0.717) is 17.9 Å². The van der Waals surface area contributed by atoms with Crippen molar-refractivity contribution < 1.29 is 22.2 Å². The molecule has 2 rings (SSSR count). The van der Waals surface area contributed by atoms with Crippen LogP contribution in [0.15, 0.2) is 66.1 Å². The Morgan fingerprint density at radius 1 is 1.24 bits per heavy atom. The second-order valence-electron chi connectivity index (χ2n) is 3.12. The molecule has 1 aliphatic carbocycles. The first-order valence-corrected chi connectivity index (χ1v) is 5.75. The van der Waals surface area contributed by atoms with Crippen molar-refractivity contribution in [1.29, 1.82) is 0 Å². The smallest absolute Gasteiger partial charge is 0.860 e. The number of nitrogens with one attached hydrogen (secondary N) is 1. The summed E-state index contributed by atoms with van der Waals surface area (Å²) in [5, 5.41) is 13.8. The summed E-state index contributed by atoms with van der Waals surface area (Å²) in [5.74, 6) is 0.649. The first kappa shape index (κ1) is 16.0. The van der Waals surface area contributed by atoms with Crippen LogP contribution in [0, 0.1) is 0 Å². The number of allylic oxidation sites excluding steroid dienone is 5. The molecule has 0 bridgehead atoms. The van der Waals surface area contributed by atoms with Crippen LogP contribution in [0.3, 0.4) is 0 Å². The van der Waals surface area contributed by atoms with E-state index in [4.69, 9.17) is 0 Å². The molecule has 0 aromatic heterocycles. The summed E-state index contributed by atoms with van der Waals surface area (Å²) in [6.45, 7) is 0.618. The molecule has 0 unspecified atom stereocenters. The molecule has 1 aromatic carbocycles. The molecule has 0 amide bonds. The van der Waals surface area contributed by atoms with Gasteiger partial charge in [-0.15, -0.1) is 0 Å². The van der Waals surface area contributed by atoms with Crippen molar-refractivity contribution in [1.82, 2.24) is 5.32 Å². The van der Waals surface area contributed by atoms with Crippen molar-refractivity contribution in [3.63, 3.8) is 0 Å². The van der Waals surface area contributed by atoms with Gasteiger partial charge >= 0.3 is 17.1 Å². The van der Waals surface area contributed by atoms with E-state index in [9.17, 15) is 5.11 Å².